The smallest absolute Gasteiger partial charge is 0.148 e. The molecule has 3 rings (SSSR count). The summed E-state index contributed by atoms with van der Waals surface area (Å²) in [4.78, 5) is 8.60. The number of nitriles is 1. The molecule has 0 N–H and O–H groups in total. The van der Waals surface area contributed by atoms with Crippen LogP contribution in [0.2, 0.25) is 0 Å². The molecule has 2 aromatic rings. The van der Waals surface area contributed by atoms with Crippen LogP contribution in [0, 0.1) is 11.3 Å². The lowest BCUT2D eigenvalue weighted by Crippen LogP contribution is -2.11. The first kappa shape index (κ1) is 10.0. The number of hydrogen-bond acceptors (Lipinski definition) is 3. The maximum absolute atomic E-state index is 9.30. The van der Waals surface area contributed by atoms with Gasteiger partial charge in [0.05, 0.1) is 0 Å². The number of imidazole rings is 1. The average molecular weight is 224 g/mol. The minimum absolute atomic E-state index is 0.686. The predicted octanol–water partition coefficient (Wildman–Crippen LogP) is 2.15. The van der Waals surface area contributed by atoms with Gasteiger partial charge >= 0.3 is 0 Å². The van der Waals surface area contributed by atoms with Gasteiger partial charge in [0.2, 0.25) is 0 Å². The van der Waals surface area contributed by atoms with Gasteiger partial charge in [0.1, 0.15) is 23.3 Å². The van der Waals surface area contributed by atoms with Crippen molar-refractivity contribution in [1.29, 1.82) is 5.26 Å². The minimum atomic E-state index is 0.686. The molecule has 0 aliphatic carbocycles. The average Bonchev–Trinajstić information content (AvgIpc) is 2.78. The summed E-state index contributed by atoms with van der Waals surface area (Å²) in [6.45, 7) is 0.913. The fourth-order valence-corrected chi connectivity index (χ4v) is 2.31. The normalized spacial score (nSPS) is 14.1. The van der Waals surface area contributed by atoms with E-state index in [0.29, 0.717) is 5.69 Å². The number of pyridine rings is 1. The predicted molar refractivity (Wildman–Crippen MR) is 63.1 cm³/mol. The van der Waals surface area contributed by atoms with Gasteiger partial charge in [-0.15, -0.1) is 0 Å². The van der Waals surface area contributed by atoms with Gasteiger partial charge in [-0.25, -0.2) is 4.98 Å². The highest BCUT2D eigenvalue weighted by Gasteiger charge is 2.20. The molecule has 0 aromatic carbocycles. The first-order valence-electron chi connectivity index (χ1n) is 5.80. The lowest BCUT2D eigenvalue weighted by atomic mass is 10.1. The standard InChI is InChI=1S/C13H12N4/c14-9-11-13(10-4-6-15-7-5-10)16-12-3-1-2-8-17(11)12/h4-7H,1-3,8H2. The maximum Gasteiger partial charge on any atom is 0.148 e. The summed E-state index contributed by atoms with van der Waals surface area (Å²) in [5, 5.41) is 9.30. The second kappa shape index (κ2) is 4.02. The van der Waals surface area contributed by atoms with E-state index in [1.54, 1.807) is 12.4 Å². The van der Waals surface area contributed by atoms with Crippen molar-refractivity contribution >= 4 is 0 Å². The Labute approximate surface area is 99.6 Å². The summed E-state index contributed by atoms with van der Waals surface area (Å²) in [7, 11) is 0. The highest BCUT2D eigenvalue weighted by molar-refractivity contribution is 5.65. The zero-order valence-electron chi connectivity index (χ0n) is 9.43. The summed E-state index contributed by atoms with van der Waals surface area (Å²) < 4.78 is 2.05. The largest absolute Gasteiger partial charge is 0.319 e. The molecule has 4 heteroatoms. The highest BCUT2D eigenvalue weighted by Crippen LogP contribution is 2.26. The van der Waals surface area contributed by atoms with E-state index in [9.17, 15) is 5.26 Å². The molecule has 0 saturated heterocycles. The molecule has 0 atom stereocenters. The van der Waals surface area contributed by atoms with Crippen molar-refractivity contribution in [3.05, 3.63) is 36.0 Å². The molecule has 0 amide bonds. The van der Waals surface area contributed by atoms with E-state index in [-0.39, 0.29) is 0 Å². The molecule has 3 heterocycles. The van der Waals surface area contributed by atoms with E-state index in [1.165, 1.54) is 0 Å². The molecule has 0 fully saturated rings. The summed E-state index contributed by atoms with van der Waals surface area (Å²) in [6.07, 6.45) is 6.73. The van der Waals surface area contributed by atoms with Gasteiger partial charge in [0.15, 0.2) is 0 Å². The number of hydrogen-bond donors (Lipinski definition) is 0. The second-order valence-electron chi connectivity index (χ2n) is 4.18. The van der Waals surface area contributed by atoms with Gasteiger partial charge in [0, 0.05) is 30.9 Å². The SMILES string of the molecule is N#Cc1c(-c2ccncc2)nc2n1CCCC2. The fraction of sp³-hybridized carbons (Fsp3) is 0.308. The van der Waals surface area contributed by atoms with Crippen molar-refractivity contribution in [2.75, 3.05) is 0 Å². The third-order valence-corrected chi connectivity index (χ3v) is 3.14. The van der Waals surface area contributed by atoms with Crippen LogP contribution in [0.1, 0.15) is 24.4 Å². The van der Waals surface area contributed by atoms with E-state index in [1.807, 2.05) is 12.1 Å². The van der Waals surface area contributed by atoms with Crippen LogP contribution in [0.15, 0.2) is 24.5 Å². The quantitative estimate of drug-likeness (QED) is 0.745. The molecule has 2 aromatic heterocycles. The van der Waals surface area contributed by atoms with Crippen LogP contribution in [-0.4, -0.2) is 14.5 Å². The van der Waals surface area contributed by atoms with Crippen molar-refractivity contribution in [2.45, 2.75) is 25.8 Å². The Morgan fingerprint density at radius 1 is 1.24 bits per heavy atom. The lowest BCUT2D eigenvalue weighted by molar-refractivity contribution is 0.519. The first-order valence-corrected chi connectivity index (χ1v) is 5.80. The van der Waals surface area contributed by atoms with Crippen LogP contribution in [-0.2, 0) is 13.0 Å². The van der Waals surface area contributed by atoms with Gasteiger partial charge in [0.25, 0.3) is 0 Å². The van der Waals surface area contributed by atoms with Gasteiger partial charge in [-0.1, -0.05) is 0 Å². The lowest BCUT2D eigenvalue weighted by Gasteiger charge is -2.13. The molecular formula is C13H12N4. The third kappa shape index (κ3) is 1.60. The molecule has 0 unspecified atom stereocenters. The Kier molecular flexibility index (Phi) is 2.37. The van der Waals surface area contributed by atoms with Crippen molar-refractivity contribution in [2.24, 2.45) is 0 Å². The summed E-state index contributed by atoms with van der Waals surface area (Å²) >= 11 is 0. The number of nitrogens with zero attached hydrogens (tertiary/aromatic N) is 4. The number of fused-ring (bicyclic) bond motifs is 1. The van der Waals surface area contributed by atoms with E-state index in [4.69, 9.17) is 0 Å². The summed E-state index contributed by atoms with van der Waals surface area (Å²) in [5.74, 6) is 1.04. The van der Waals surface area contributed by atoms with Crippen molar-refractivity contribution < 1.29 is 0 Å². The molecule has 4 nitrogen and oxygen atoms in total. The zero-order valence-corrected chi connectivity index (χ0v) is 9.43. The molecule has 84 valence electrons. The molecule has 0 bridgehead atoms. The van der Waals surface area contributed by atoms with E-state index < -0.39 is 0 Å². The van der Waals surface area contributed by atoms with E-state index in [0.717, 1.165) is 42.9 Å². The number of rotatable bonds is 1. The van der Waals surface area contributed by atoms with Crippen LogP contribution in [0.3, 0.4) is 0 Å². The van der Waals surface area contributed by atoms with Gasteiger partial charge < -0.3 is 4.57 Å². The molecule has 0 spiro atoms. The summed E-state index contributed by atoms with van der Waals surface area (Å²) in [5.41, 5.74) is 2.45. The third-order valence-electron chi connectivity index (χ3n) is 3.14. The van der Waals surface area contributed by atoms with Crippen molar-refractivity contribution in [1.82, 2.24) is 14.5 Å². The van der Waals surface area contributed by atoms with E-state index in [2.05, 4.69) is 20.6 Å². The Morgan fingerprint density at radius 2 is 2.06 bits per heavy atom. The van der Waals surface area contributed by atoms with Crippen molar-refractivity contribution in [3.63, 3.8) is 0 Å². The zero-order chi connectivity index (χ0) is 11.7. The van der Waals surface area contributed by atoms with Gasteiger partial charge in [-0.3, -0.25) is 4.98 Å². The topological polar surface area (TPSA) is 54.5 Å². The highest BCUT2D eigenvalue weighted by atomic mass is 15.1. The van der Waals surface area contributed by atoms with Crippen LogP contribution in [0.5, 0.6) is 0 Å². The van der Waals surface area contributed by atoms with Crippen LogP contribution in [0.4, 0.5) is 0 Å². The Morgan fingerprint density at radius 3 is 2.82 bits per heavy atom. The van der Waals surface area contributed by atoms with Crippen LogP contribution < -0.4 is 0 Å². The first-order chi connectivity index (χ1) is 8.40. The Bertz CT molecular complexity index is 577. The molecule has 17 heavy (non-hydrogen) atoms. The monoisotopic (exact) mass is 224 g/mol. The fourth-order valence-electron chi connectivity index (χ4n) is 2.31. The van der Waals surface area contributed by atoms with Crippen LogP contribution in [0.25, 0.3) is 11.3 Å². The molecule has 1 aliphatic rings. The van der Waals surface area contributed by atoms with Crippen molar-refractivity contribution in [3.8, 4) is 17.3 Å². The molecule has 0 radical (unpaired) electrons. The Hall–Kier alpha value is -2.15. The van der Waals surface area contributed by atoms with Crippen LogP contribution >= 0.6 is 0 Å². The molecule has 0 saturated carbocycles. The Balaban J connectivity index is 2.18. The van der Waals surface area contributed by atoms with E-state index >= 15 is 0 Å². The number of aryl methyl sites for hydroxylation is 1. The molecular weight excluding hydrogens is 212 g/mol. The van der Waals surface area contributed by atoms with Gasteiger partial charge in [-0.2, -0.15) is 5.26 Å². The summed E-state index contributed by atoms with van der Waals surface area (Å²) in [6, 6.07) is 6.08. The number of aromatic nitrogens is 3. The minimum Gasteiger partial charge on any atom is -0.319 e. The second-order valence-corrected chi connectivity index (χ2v) is 4.18. The molecule has 1 aliphatic heterocycles. The van der Waals surface area contributed by atoms with Gasteiger partial charge in [-0.05, 0) is 25.0 Å². The maximum atomic E-state index is 9.30.